The first-order chi connectivity index (χ1) is 15.5. The number of hydrogen-bond donors (Lipinski definition) is 1. The van der Waals surface area contributed by atoms with Gasteiger partial charge >= 0.3 is 0 Å². The standard InChI is InChI=1S/C23H18Cl2N4O2S/c1-31-18-10-7-15(8-11-18)22-27-28-23(29(22)17-5-3-2-4-6-17)32-14-21(30)26-16-9-12-19(24)20(25)13-16/h2-13H,14H2,1H3,(H,26,30). The van der Waals surface area contributed by atoms with Gasteiger partial charge in [-0.15, -0.1) is 10.2 Å². The van der Waals surface area contributed by atoms with Crippen molar-refractivity contribution in [3.8, 4) is 22.8 Å². The lowest BCUT2D eigenvalue weighted by Gasteiger charge is -2.11. The average molecular weight is 485 g/mol. The Balaban J connectivity index is 1.57. The highest BCUT2D eigenvalue weighted by molar-refractivity contribution is 7.99. The Morgan fingerprint density at radius 3 is 2.44 bits per heavy atom. The molecular weight excluding hydrogens is 467 g/mol. The van der Waals surface area contributed by atoms with E-state index < -0.39 is 0 Å². The van der Waals surface area contributed by atoms with E-state index in [4.69, 9.17) is 27.9 Å². The molecule has 0 spiro atoms. The maximum atomic E-state index is 12.5. The maximum absolute atomic E-state index is 12.5. The van der Waals surface area contributed by atoms with Crippen LogP contribution in [0.3, 0.4) is 0 Å². The minimum absolute atomic E-state index is 0.147. The predicted octanol–water partition coefficient (Wildman–Crippen LogP) is 5.98. The van der Waals surface area contributed by atoms with Crippen molar-refractivity contribution in [1.29, 1.82) is 0 Å². The number of rotatable bonds is 7. The number of aromatic nitrogens is 3. The number of amides is 1. The molecule has 0 radical (unpaired) electrons. The molecule has 0 atom stereocenters. The van der Waals surface area contributed by atoms with Crippen molar-refractivity contribution in [2.24, 2.45) is 0 Å². The minimum Gasteiger partial charge on any atom is -0.497 e. The Bertz CT molecular complexity index is 1230. The van der Waals surface area contributed by atoms with E-state index in [0.29, 0.717) is 26.7 Å². The van der Waals surface area contributed by atoms with Gasteiger partial charge in [0.2, 0.25) is 5.91 Å². The van der Waals surface area contributed by atoms with Gasteiger partial charge in [0, 0.05) is 16.9 Å². The Hall–Kier alpha value is -3.00. The molecule has 6 nitrogen and oxygen atoms in total. The van der Waals surface area contributed by atoms with E-state index in [2.05, 4.69) is 15.5 Å². The van der Waals surface area contributed by atoms with E-state index in [-0.39, 0.29) is 11.7 Å². The summed E-state index contributed by atoms with van der Waals surface area (Å²) in [4.78, 5) is 12.5. The molecule has 0 aliphatic heterocycles. The highest BCUT2D eigenvalue weighted by Gasteiger charge is 2.17. The molecule has 0 unspecified atom stereocenters. The second kappa shape index (κ2) is 10.1. The third-order valence-corrected chi connectivity index (χ3v) is 6.20. The molecule has 4 rings (SSSR count). The van der Waals surface area contributed by atoms with E-state index in [1.807, 2.05) is 59.2 Å². The van der Waals surface area contributed by atoms with Crippen LogP contribution >= 0.6 is 35.0 Å². The molecule has 0 fully saturated rings. The molecule has 0 aliphatic carbocycles. The van der Waals surface area contributed by atoms with Crippen molar-refractivity contribution in [1.82, 2.24) is 14.8 Å². The zero-order chi connectivity index (χ0) is 22.5. The first kappa shape index (κ1) is 22.2. The first-order valence-corrected chi connectivity index (χ1v) is 11.3. The van der Waals surface area contributed by atoms with Crippen LogP contribution in [0.5, 0.6) is 5.75 Å². The van der Waals surface area contributed by atoms with Crippen molar-refractivity contribution < 1.29 is 9.53 Å². The molecule has 1 aromatic heterocycles. The number of carbonyl (C=O) groups excluding carboxylic acids is 1. The lowest BCUT2D eigenvalue weighted by Crippen LogP contribution is -2.14. The zero-order valence-electron chi connectivity index (χ0n) is 17.0. The lowest BCUT2D eigenvalue weighted by atomic mass is 10.2. The summed E-state index contributed by atoms with van der Waals surface area (Å²) in [6.45, 7) is 0. The Labute approximate surface area is 199 Å². The normalized spacial score (nSPS) is 10.7. The number of halogens is 2. The van der Waals surface area contributed by atoms with Crippen molar-refractivity contribution in [3.05, 3.63) is 82.8 Å². The highest BCUT2D eigenvalue weighted by Crippen LogP contribution is 2.29. The lowest BCUT2D eigenvalue weighted by molar-refractivity contribution is -0.113. The summed E-state index contributed by atoms with van der Waals surface area (Å²) in [7, 11) is 1.62. The average Bonchev–Trinajstić information content (AvgIpc) is 3.25. The van der Waals surface area contributed by atoms with Crippen molar-refractivity contribution in [3.63, 3.8) is 0 Å². The second-order valence-corrected chi connectivity index (χ2v) is 8.43. The van der Waals surface area contributed by atoms with Gasteiger partial charge in [-0.25, -0.2) is 0 Å². The third-order valence-electron chi connectivity index (χ3n) is 4.53. The van der Waals surface area contributed by atoms with Gasteiger partial charge in [0.05, 0.1) is 22.9 Å². The number of methoxy groups -OCH3 is 1. The molecule has 0 bridgehead atoms. The summed E-state index contributed by atoms with van der Waals surface area (Å²) in [6.07, 6.45) is 0. The fraction of sp³-hybridized carbons (Fsp3) is 0.0870. The van der Waals surface area contributed by atoms with Crippen molar-refractivity contribution >= 4 is 46.6 Å². The van der Waals surface area contributed by atoms with Crippen LogP contribution in [0.15, 0.2) is 78.0 Å². The van der Waals surface area contributed by atoms with Crippen LogP contribution in [-0.2, 0) is 4.79 Å². The second-order valence-electron chi connectivity index (χ2n) is 6.67. The predicted molar refractivity (Wildman–Crippen MR) is 129 cm³/mol. The van der Waals surface area contributed by atoms with Crippen LogP contribution < -0.4 is 10.1 Å². The van der Waals surface area contributed by atoms with Gasteiger partial charge in [0.15, 0.2) is 11.0 Å². The molecular formula is C23H18Cl2N4O2S. The molecule has 1 N–H and O–H groups in total. The van der Waals surface area contributed by atoms with E-state index in [9.17, 15) is 4.79 Å². The molecule has 4 aromatic rings. The van der Waals surface area contributed by atoms with E-state index >= 15 is 0 Å². The summed E-state index contributed by atoms with van der Waals surface area (Å²) in [5, 5.41) is 13.0. The van der Waals surface area contributed by atoms with Crippen LogP contribution in [0.25, 0.3) is 17.1 Å². The first-order valence-electron chi connectivity index (χ1n) is 9.58. The van der Waals surface area contributed by atoms with E-state index in [1.165, 1.54) is 11.8 Å². The van der Waals surface area contributed by atoms with Crippen LogP contribution in [0.1, 0.15) is 0 Å². The number of carbonyl (C=O) groups is 1. The number of ether oxygens (including phenoxy) is 1. The van der Waals surface area contributed by atoms with Crippen LogP contribution in [0, 0.1) is 0 Å². The summed E-state index contributed by atoms with van der Waals surface area (Å²) in [5.74, 6) is 1.38. The van der Waals surface area contributed by atoms with Gasteiger partial charge in [-0.1, -0.05) is 53.2 Å². The van der Waals surface area contributed by atoms with Gasteiger partial charge in [-0.2, -0.15) is 0 Å². The SMILES string of the molecule is COc1ccc(-c2nnc(SCC(=O)Nc3ccc(Cl)c(Cl)c3)n2-c2ccccc2)cc1. The smallest absolute Gasteiger partial charge is 0.234 e. The van der Waals surface area contributed by atoms with E-state index in [0.717, 1.165) is 17.0 Å². The molecule has 0 aliphatic rings. The van der Waals surface area contributed by atoms with Gasteiger partial charge in [0.1, 0.15) is 5.75 Å². The third kappa shape index (κ3) is 5.07. The largest absolute Gasteiger partial charge is 0.497 e. The summed E-state index contributed by atoms with van der Waals surface area (Å²) in [5.41, 5.74) is 2.36. The van der Waals surface area contributed by atoms with Crippen LogP contribution in [0.4, 0.5) is 5.69 Å². The van der Waals surface area contributed by atoms with Gasteiger partial charge in [0.25, 0.3) is 0 Å². The fourth-order valence-electron chi connectivity index (χ4n) is 3.00. The highest BCUT2D eigenvalue weighted by atomic mass is 35.5. The number of nitrogens with one attached hydrogen (secondary N) is 1. The molecule has 162 valence electrons. The van der Waals surface area contributed by atoms with Crippen molar-refractivity contribution in [2.75, 3.05) is 18.2 Å². The van der Waals surface area contributed by atoms with Gasteiger partial charge in [-0.05, 0) is 54.6 Å². The Morgan fingerprint density at radius 2 is 1.75 bits per heavy atom. The maximum Gasteiger partial charge on any atom is 0.234 e. The monoisotopic (exact) mass is 484 g/mol. The zero-order valence-corrected chi connectivity index (χ0v) is 19.3. The molecule has 9 heteroatoms. The number of anilines is 1. The molecule has 3 aromatic carbocycles. The topological polar surface area (TPSA) is 69.0 Å². The van der Waals surface area contributed by atoms with Gasteiger partial charge < -0.3 is 10.1 Å². The van der Waals surface area contributed by atoms with Crippen LogP contribution in [0.2, 0.25) is 10.0 Å². The molecule has 0 saturated heterocycles. The number of nitrogens with zero attached hydrogens (tertiary/aromatic N) is 3. The molecule has 1 heterocycles. The fourth-order valence-corrected chi connectivity index (χ4v) is 4.05. The summed E-state index contributed by atoms with van der Waals surface area (Å²) in [6, 6.07) is 22.3. The molecule has 1 amide bonds. The molecule has 0 saturated carbocycles. The Kier molecular flexibility index (Phi) is 6.99. The van der Waals surface area contributed by atoms with Crippen molar-refractivity contribution in [2.45, 2.75) is 5.16 Å². The quantitative estimate of drug-likeness (QED) is 0.326. The number of thioether (sulfide) groups is 1. The summed E-state index contributed by atoms with van der Waals surface area (Å²) < 4.78 is 7.18. The number of hydrogen-bond acceptors (Lipinski definition) is 5. The number of benzene rings is 3. The van der Waals surface area contributed by atoms with Gasteiger partial charge in [-0.3, -0.25) is 9.36 Å². The van der Waals surface area contributed by atoms with E-state index in [1.54, 1.807) is 25.3 Å². The number of para-hydroxylation sites is 1. The summed E-state index contributed by atoms with van der Waals surface area (Å²) >= 11 is 13.2. The Morgan fingerprint density at radius 1 is 1.00 bits per heavy atom. The van der Waals surface area contributed by atoms with Crippen LogP contribution in [-0.4, -0.2) is 33.5 Å². The molecule has 32 heavy (non-hydrogen) atoms. The minimum atomic E-state index is -0.193.